The van der Waals surface area contributed by atoms with Gasteiger partial charge in [-0.25, -0.2) is 0 Å². The lowest BCUT2D eigenvalue weighted by Gasteiger charge is -2.11. The molecular formula is C19H21N3O5. The number of hydrogen-bond donors (Lipinski definition) is 2. The molecule has 0 bridgehead atoms. The monoisotopic (exact) mass is 371 g/mol. The fourth-order valence-corrected chi connectivity index (χ4v) is 2.45. The van der Waals surface area contributed by atoms with Crippen molar-refractivity contribution in [2.24, 2.45) is 0 Å². The van der Waals surface area contributed by atoms with Gasteiger partial charge in [0.05, 0.1) is 11.5 Å². The Morgan fingerprint density at radius 3 is 2.56 bits per heavy atom. The van der Waals surface area contributed by atoms with Gasteiger partial charge >= 0.3 is 0 Å². The Balaban J connectivity index is 1.80. The molecule has 0 aromatic heterocycles. The van der Waals surface area contributed by atoms with Crippen LogP contribution in [0.2, 0.25) is 0 Å². The predicted octanol–water partition coefficient (Wildman–Crippen LogP) is 2.60. The van der Waals surface area contributed by atoms with Crippen LogP contribution in [0.1, 0.15) is 18.1 Å². The van der Waals surface area contributed by atoms with Crippen LogP contribution in [0.25, 0.3) is 0 Å². The quantitative estimate of drug-likeness (QED) is 0.547. The third-order valence-electron chi connectivity index (χ3n) is 3.85. The number of para-hydroxylation sites is 1. The number of rotatable bonds is 8. The number of nitro groups is 1. The number of aryl methyl sites for hydroxylation is 2. The molecule has 8 heteroatoms. The average molecular weight is 371 g/mol. The zero-order chi connectivity index (χ0) is 19.8. The number of carbonyl (C=O) groups is 2. The molecule has 27 heavy (non-hydrogen) atoms. The van der Waals surface area contributed by atoms with Crippen molar-refractivity contribution >= 4 is 23.2 Å². The van der Waals surface area contributed by atoms with Gasteiger partial charge in [-0.1, -0.05) is 25.1 Å². The number of nitrogens with one attached hydrogen (secondary N) is 2. The van der Waals surface area contributed by atoms with Crippen molar-refractivity contribution in [3.05, 3.63) is 63.7 Å². The molecule has 0 unspecified atom stereocenters. The van der Waals surface area contributed by atoms with Crippen molar-refractivity contribution in [2.45, 2.75) is 20.3 Å². The van der Waals surface area contributed by atoms with Crippen LogP contribution >= 0.6 is 0 Å². The van der Waals surface area contributed by atoms with Crippen LogP contribution in [0.4, 0.5) is 11.4 Å². The topological polar surface area (TPSA) is 111 Å². The van der Waals surface area contributed by atoms with E-state index in [2.05, 4.69) is 10.6 Å². The summed E-state index contributed by atoms with van der Waals surface area (Å²) in [7, 11) is 0. The molecular weight excluding hydrogens is 350 g/mol. The lowest BCUT2D eigenvalue weighted by Crippen LogP contribution is -2.35. The standard InChI is InChI=1S/C19H21N3O5/c1-3-14-6-4-5-7-16(14)21-18(23)11-20-19(24)12-27-15-8-9-17(22(25)26)13(2)10-15/h4-10H,3,11-12H2,1-2H3,(H,20,24)(H,21,23). The fourth-order valence-electron chi connectivity index (χ4n) is 2.45. The van der Waals surface area contributed by atoms with Crippen molar-refractivity contribution in [3.8, 4) is 5.75 Å². The third-order valence-corrected chi connectivity index (χ3v) is 3.85. The van der Waals surface area contributed by atoms with Crippen LogP contribution in [-0.2, 0) is 16.0 Å². The van der Waals surface area contributed by atoms with E-state index in [1.54, 1.807) is 13.0 Å². The number of nitrogens with zero attached hydrogens (tertiary/aromatic N) is 1. The number of nitro benzene ring substituents is 1. The van der Waals surface area contributed by atoms with Gasteiger partial charge in [-0.05, 0) is 37.1 Å². The van der Waals surface area contributed by atoms with Gasteiger partial charge in [0.15, 0.2) is 6.61 Å². The molecule has 2 aromatic carbocycles. The van der Waals surface area contributed by atoms with Gasteiger partial charge in [0.1, 0.15) is 5.75 Å². The number of carbonyl (C=O) groups excluding carboxylic acids is 2. The Bertz CT molecular complexity index is 851. The van der Waals surface area contributed by atoms with Gasteiger partial charge in [0.2, 0.25) is 5.91 Å². The van der Waals surface area contributed by atoms with E-state index >= 15 is 0 Å². The normalized spacial score (nSPS) is 10.1. The number of hydrogen-bond acceptors (Lipinski definition) is 5. The highest BCUT2D eigenvalue weighted by molar-refractivity contribution is 5.95. The number of ether oxygens (including phenoxy) is 1. The Labute approximate surface area is 156 Å². The molecule has 0 spiro atoms. The van der Waals surface area contributed by atoms with Crippen molar-refractivity contribution < 1.29 is 19.2 Å². The van der Waals surface area contributed by atoms with E-state index in [1.165, 1.54) is 18.2 Å². The molecule has 2 rings (SSSR count). The van der Waals surface area contributed by atoms with E-state index < -0.39 is 10.8 Å². The molecule has 0 saturated heterocycles. The smallest absolute Gasteiger partial charge is 0.272 e. The van der Waals surface area contributed by atoms with Crippen LogP contribution in [-0.4, -0.2) is 29.9 Å². The van der Waals surface area contributed by atoms with Crippen molar-refractivity contribution in [1.29, 1.82) is 0 Å². The summed E-state index contributed by atoms with van der Waals surface area (Å²) in [6, 6.07) is 11.7. The Morgan fingerprint density at radius 1 is 1.15 bits per heavy atom. The van der Waals surface area contributed by atoms with Crippen LogP contribution in [0, 0.1) is 17.0 Å². The molecule has 0 radical (unpaired) electrons. The minimum Gasteiger partial charge on any atom is -0.484 e. The Morgan fingerprint density at radius 2 is 1.89 bits per heavy atom. The SMILES string of the molecule is CCc1ccccc1NC(=O)CNC(=O)COc1ccc([N+](=O)[O-])c(C)c1. The van der Waals surface area contributed by atoms with E-state index in [4.69, 9.17) is 4.74 Å². The number of anilines is 1. The molecule has 0 fully saturated rings. The first kappa shape index (κ1) is 19.9. The maximum Gasteiger partial charge on any atom is 0.272 e. The number of amides is 2. The summed E-state index contributed by atoms with van der Waals surface area (Å²) >= 11 is 0. The fraction of sp³-hybridized carbons (Fsp3) is 0.263. The van der Waals surface area contributed by atoms with Gasteiger partial charge < -0.3 is 15.4 Å². The second-order valence-electron chi connectivity index (χ2n) is 5.83. The Hall–Kier alpha value is -3.42. The predicted molar refractivity (Wildman–Crippen MR) is 101 cm³/mol. The van der Waals surface area contributed by atoms with Crippen molar-refractivity contribution in [1.82, 2.24) is 5.32 Å². The van der Waals surface area contributed by atoms with E-state index in [-0.39, 0.29) is 24.7 Å². The van der Waals surface area contributed by atoms with Crippen LogP contribution < -0.4 is 15.4 Å². The van der Waals surface area contributed by atoms with Crippen LogP contribution in [0.5, 0.6) is 5.75 Å². The molecule has 0 saturated carbocycles. The molecule has 0 aliphatic rings. The maximum atomic E-state index is 12.0. The average Bonchev–Trinajstić information content (AvgIpc) is 2.65. The molecule has 2 N–H and O–H groups in total. The summed E-state index contributed by atoms with van der Waals surface area (Å²) in [6.07, 6.45) is 0.783. The molecule has 2 aromatic rings. The van der Waals surface area contributed by atoms with Crippen LogP contribution in [0.3, 0.4) is 0 Å². The molecule has 142 valence electrons. The first-order valence-electron chi connectivity index (χ1n) is 8.43. The third kappa shape index (κ3) is 5.81. The molecule has 8 nitrogen and oxygen atoms in total. The summed E-state index contributed by atoms with van der Waals surface area (Å²) in [5.41, 5.74) is 2.15. The lowest BCUT2D eigenvalue weighted by atomic mass is 10.1. The lowest BCUT2D eigenvalue weighted by molar-refractivity contribution is -0.385. The van der Waals surface area contributed by atoms with E-state index in [0.717, 1.165) is 17.7 Å². The van der Waals surface area contributed by atoms with Gasteiger partial charge in [0.25, 0.3) is 11.6 Å². The molecule has 0 atom stereocenters. The van der Waals surface area contributed by atoms with E-state index in [9.17, 15) is 19.7 Å². The summed E-state index contributed by atoms with van der Waals surface area (Å²) in [6.45, 7) is 3.10. The second kappa shape index (κ2) is 9.33. The summed E-state index contributed by atoms with van der Waals surface area (Å²) < 4.78 is 5.30. The highest BCUT2D eigenvalue weighted by Crippen LogP contribution is 2.22. The zero-order valence-electron chi connectivity index (χ0n) is 15.2. The highest BCUT2D eigenvalue weighted by atomic mass is 16.6. The van der Waals surface area contributed by atoms with Gasteiger partial charge in [0, 0.05) is 17.3 Å². The van der Waals surface area contributed by atoms with E-state index in [1.807, 2.05) is 25.1 Å². The molecule has 0 heterocycles. The van der Waals surface area contributed by atoms with E-state index in [0.29, 0.717) is 11.3 Å². The van der Waals surface area contributed by atoms with Gasteiger partial charge in [-0.3, -0.25) is 19.7 Å². The first-order chi connectivity index (χ1) is 12.9. The number of benzene rings is 2. The highest BCUT2D eigenvalue weighted by Gasteiger charge is 2.12. The summed E-state index contributed by atoms with van der Waals surface area (Å²) in [5.74, 6) is -0.463. The largest absolute Gasteiger partial charge is 0.484 e. The first-order valence-corrected chi connectivity index (χ1v) is 8.43. The van der Waals surface area contributed by atoms with Crippen molar-refractivity contribution in [2.75, 3.05) is 18.5 Å². The molecule has 0 aliphatic carbocycles. The minimum absolute atomic E-state index is 0.0177. The van der Waals surface area contributed by atoms with Gasteiger partial charge in [-0.15, -0.1) is 0 Å². The second-order valence-corrected chi connectivity index (χ2v) is 5.83. The summed E-state index contributed by atoms with van der Waals surface area (Å²) in [5, 5.41) is 16.0. The Kier molecular flexibility index (Phi) is 6.87. The summed E-state index contributed by atoms with van der Waals surface area (Å²) in [4.78, 5) is 34.1. The molecule has 0 aliphatic heterocycles. The maximum absolute atomic E-state index is 12.0. The van der Waals surface area contributed by atoms with Crippen LogP contribution in [0.15, 0.2) is 42.5 Å². The van der Waals surface area contributed by atoms with Gasteiger partial charge in [-0.2, -0.15) is 0 Å². The van der Waals surface area contributed by atoms with Crippen molar-refractivity contribution in [3.63, 3.8) is 0 Å². The zero-order valence-corrected chi connectivity index (χ0v) is 15.2. The minimum atomic E-state index is -0.485. The molecule has 2 amide bonds.